The molecule has 6 nitrogen and oxygen atoms in total. The van der Waals surface area contributed by atoms with E-state index in [0.717, 1.165) is 22.3 Å². The first-order valence-corrected chi connectivity index (χ1v) is 9.14. The summed E-state index contributed by atoms with van der Waals surface area (Å²) in [5.41, 5.74) is 1.54. The van der Waals surface area contributed by atoms with Gasteiger partial charge >= 0.3 is 0 Å². The van der Waals surface area contributed by atoms with Crippen molar-refractivity contribution in [3.8, 4) is 0 Å². The number of halogens is 1. The number of aryl methyl sites for hydroxylation is 2. The van der Waals surface area contributed by atoms with Crippen LogP contribution in [0.1, 0.15) is 32.2 Å². The molecule has 0 radical (unpaired) electrons. The molecule has 0 bridgehead atoms. The van der Waals surface area contributed by atoms with Crippen molar-refractivity contribution >= 4 is 26.0 Å². The minimum Gasteiger partial charge on any atom is -0.309 e. The molecular formula is C12H23BrN4O2S. The zero-order valence-electron chi connectivity index (χ0n) is 12.6. The molecule has 0 unspecified atom stereocenters. The lowest BCUT2D eigenvalue weighted by Gasteiger charge is -2.25. The molecule has 0 amide bonds. The molecule has 8 heteroatoms. The van der Waals surface area contributed by atoms with Gasteiger partial charge in [-0.25, -0.2) is 13.1 Å². The van der Waals surface area contributed by atoms with Gasteiger partial charge < -0.3 is 5.32 Å². The molecule has 0 atom stereocenters. The van der Waals surface area contributed by atoms with Crippen LogP contribution in [0.5, 0.6) is 0 Å². The van der Waals surface area contributed by atoms with E-state index in [9.17, 15) is 8.42 Å². The summed E-state index contributed by atoms with van der Waals surface area (Å²) in [7, 11) is -1.31. The molecule has 1 rings (SSSR count). The summed E-state index contributed by atoms with van der Waals surface area (Å²) in [5, 5.41) is 7.69. The summed E-state index contributed by atoms with van der Waals surface area (Å²) in [4.78, 5) is 0. The van der Waals surface area contributed by atoms with Crippen LogP contribution >= 0.6 is 15.9 Å². The zero-order chi connectivity index (χ0) is 15.6. The maximum Gasteiger partial charge on any atom is 0.209 e. The second-order valence-electron chi connectivity index (χ2n) is 5.55. The van der Waals surface area contributed by atoms with Crippen molar-refractivity contribution in [3.05, 3.63) is 15.9 Å². The number of sulfonamides is 1. The van der Waals surface area contributed by atoms with Crippen LogP contribution in [0.25, 0.3) is 0 Å². The van der Waals surface area contributed by atoms with Crippen LogP contribution in [0.4, 0.5) is 0 Å². The first-order chi connectivity index (χ1) is 9.06. The Balaban J connectivity index is 2.63. The van der Waals surface area contributed by atoms with E-state index in [0.29, 0.717) is 13.1 Å². The molecule has 20 heavy (non-hydrogen) atoms. The highest BCUT2D eigenvalue weighted by atomic mass is 79.9. The molecule has 1 aromatic heterocycles. The van der Waals surface area contributed by atoms with E-state index in [1.807, 2.05) is 25.6 Å². The molecule has 0 spiro atoms. The number of rotatable bonds is 7. The highest BCUT2D eigenvalue weighted by Gasteiger charge is 2.22. The van der Waals surface area contributed by atoms with Crippen LogP contribution in [-0.4, -0.2) is 36.5 Å². The van der Waals surface area contributed by atoms with Crippen molar-refractivity contribution in [2.45, 2.75) is 39.3 Å². The van der Waals surface area contributed by atoms with Crippen molar-refractivity contribution in [2.75, 3.05) is 12.8 Å². The predicted molar refractivity (Wildman–Crippen MR) is 84.1 cm³/mol. The Bertz CT molecular complexity index is 566. The van der Waals surface area contributed by atoms with E-state index in [1.54, 1.807) is 0 Å². The van der Waals surface area contributed by atoms with Gasteiger partial charge in [-0.2, -0.15) is 5.10 Å². The van der Waals surface area contributed by atoms with Gasteiger partial charge in [0.1, 0.15) is 0 Å². The molecule has 2 N–H and O–H groups in total. The van der Waals surface area contributed by atoms with E-state index in [4.69, 9.17) is 0 Å². The van der Waals surface area contributed by atoms with E-state index in [-0.39, 0.29) is 0 Å². The Labute approximate surface area is 129 Å². The third-order valence-electron chi connectivity index (χ3n) is 2.82. The monoisotopic (exact) mass is 366 g/mol. The molecule has 116 valence electrons. The number of nitrogens with one attached hydrogen (secondary N) is 2. The Morgan fingerprint density at radius 3 is 2.45 bits per heavy atom. The van der Waals surface area contributed by atoms with Gasteiger partial charge in [-0.05, 0) is 36.2 Å². The van der Waals surface area contributed by atoms with Crippen molar-refractivity contribution in [1.29, 1.82) is 0 Å². The van der Waals surface area contributed by atoms with E-state index < -0.39 is 15.6 Å². The van der Waals surface area contributed by atoms with Gasteiger partial charge in [-0.1, -0.05) is 6.92 Å². The lowest BCUT2D eigenvalue weighted by molar-refractivity contribution is 0.417. The molecule has 0 aliphatic rings. The van der Waals surface area contributed by atoms with Gasteiger partial charge in [-0.3, -0.25) is 4.68 Å². The molecule has 0 aliphatic heterocycles. The Morgan fingerprint density at radius 1 is 1.40 bits per heavy atom. The average Bonchev–Trinajstić information content (AvgIpc) is 2.52. The summed E-state index contributed by atoms with van der Waals surface area (Å²) < 4.78 is 28.0. The zero-order valence-corrected chi connectivity index (χ0v) is 15.0. The van der Waals surface area contributed by atoms with Crippen molar-refractivity contribution in [2.24, 2.45) is 7.05 Å². The summed E-state index contributed by atoms with van der Waals surface area (Å²) in [6, 6.07) is 0. The van der Waals surface area contributed by atoms with Gasteiger partial charge in [0.05, 0.1) is 22.1 Å². The van der Waals surface area contributed by atoms with Crippen LogP contribution in [0, 0.1) is 0 Å². The highest BCUT2D eigenvalue weighted by Crippen LogP contribution is 2.21. The Morgan fingerprint density at radius 2 is 2.00 bits per heavy atom. The molecule has 0 saturated carbocycles. The summed E-state index contributed by atoms with van der Waals surface area (Å²) >= 11 is 3.56. The second-order valence-corrected chi connectivity index (χ2v) is 8.09. The molecular weight excluding hydrogens is 344 g/mol. The van der Waals surface area contributed by atoms with Crippen LogP contribution in [0.15, 0.2) is 4.47 Å². The quantitative estimate of drug-likeness (QED) is 0.759. The van der Waals surface area contributed by atoms with Crippen molar-refractivity contribution < 1.29 is 8.42 Å². The first kappa shape index (κ1) is 17.6. The van der Waals surface area contributed by atoms with Gasteiger partial charge in [-0.15, -0.1) is 0 Å². The van der Waals surface area contributed by atoms with E-state index in [2.05, 4.69) is 38.0 Å². The number of aromatic nitrogens is 2. The SMILES string of the molecule is CCc1nn(C)c(CNCC(C)(C)NS(C)(=O)=O)c1Br. The van der Waals surface area contributed by atoms with E-state index in [1.165, 1.54) is 6.26 Å². The van der Waals surface area contributed by atoms with Crippen molar-refractivity contribution in [1.82, 2.24) is 19.8 Å². The highest BCUT2D eigenvalue weighted by molar-refractivity contribution is 9.10. The summed E-state index contributed by atoms with van der Waals surface area (Å²) in [6.45, 7) is 6.90. The van der Waals surface area contributed by atoms with Gasteiger partial charge in [0, 0.05) is 25.7 Å². The first-order valence-electron chi connectivity index (χ1n) is 6.45. The molecule has 0 aromatic carbocycles. The summed E-state index contributed by atoms with van der Waals surface area (Å²) in [6.07, 6.45) is 2.04. The fraction of sp³-hybridized carbons (Fsp3) is 0.750. The summed E-state index contributed by atoms with van der Waals surface area (Å²) in [5.74, 6) is 0. The van der Waals surface area contributed by atoms with Crippen molar-refractivity contribution in [3.63, 3.8) is 0 Å². The third kappa shape index (κ3) is 5.16. The minimum atomic E-state index is -3.21. The largest absolute Gasteiger partial charge is 0.309 e. The lowest BCUT2D eigenvalue weighted by atomic mass is 10.1. The lowest BCUT2D eigenvalue weighted by Crippen LogP contribution is -2.49. The maximum absolute atomic E-state index is 11.3. The number of hydrogen-bond acceptors (Lipinski definition) is 4. The maximum atomic E-state index is 11.3. The van der Waals surface area contributed by atoms with E-state index >= 15 is 0 Å². The fourth-order valence-electron chi connectivity index (χ4n) is 2.04. The Kier molecular flexibility index (Phi) is 5.77. The second kappa shape index (κ2) is 6.55. The van der Waals surface area contributed by atoms with Gasteiger partial charge in [0.2, 0.25) is 10.0 Å². The standard InChI is InChI=1S/C12H23BrN4O2S/c1-6-9-11(13)10(17(4)15-9)7-14-8-12(2,3)16-20(5,18)19/h14,16H,6-8H2,1-5H3. The average molecular weight is 367 g/mol. The molecule has 1 heterocycles. The molecule has 0 saturated heterocycles. The van der Waals surface area contributed by atoms with Crippen LogP contribution in [0.3, 0.4) is 0 Å². The number of nitrogens with zero attached hydrogens (tertiary/aromatic N) is 2. The van der Waals surface area contributed by atoms with Crippen LogP contribution < -0.4 is 10.0 Å². The normalized spacial score (nSPS) is 12.9. The fourth-order valence-corrected chi connectivity index (χ4v) is 3.88. The smallest absolute Gasteiger partial charge is 0.209 e. The third-order valence-corrected chi connectivity index (χ3v) is 4.66. The van der Waals surface area contributed by atoms with Crippen LogP contribution in [0.2, 0.25) is 0 Å². The number of hydrogen-bond donors (Lipinski definition) is 2. The van der Waals surface area contributed by atoms with Crippen LogP contribution in [-0.2, 0) is 30.0 Å². The Hall–Kier alpha value is -0.440. The van der Waals surface area contributed by atoms with Gasteiger partial charge in [0.15, 0.2) is 0 Å². The molecule has 1 aromatic rings. The minimum absolute atomic E-state index is 0.527. The van der Waals surface area contributed by atoms with Gasteiger partial charge in [0.25, 0.3) is 0 Å². The molecule has 0 fully saturated rings. The molecule has 0 aliphatic carbocycles. The predicted octanol–water partition coefficient (Wildman–Crippen LogP) is 1.16. The topological polar surface area (TPSA) is 76.0 Å².